The second-order valence-electron chi connectivity index (χ2n) is 6.04. The highest BCUT2D eigenvalue weighted by atomic mass is 35.5. The maximum Gasteiger partial charge on any atom is 0.252 e. The van der Waals surface area contributed by atoms with E-state index in [0.717, 1.165) is 22.5 Å². The molecule has 2 aromatic heterocycles. The summed E-state index contributed by atoms with van der Waals surface area (Å²) in [6, 6.07) is 7.39. The van der Waals surface area contributed by atoms with Crippen LogP contribution in [0.5, 0.6) is 0 Å². The molecule has 1 N–H and O–H groups in total. The summed E-state index contributed by atoms with van der Waals surface area (Å²) in [7, 11) is 0. The molecule has 6 nitrogen and oxygen atoms in total. The summed E-state index contributed by atoms with van der Waals surface area (Å²) < 4.78 is 1.70. The van der Waals surface area contributed by atoms with Crippen molar-refractivity contribution in [1.29, 1.82) is 0 Å². The molecule has 1 unspecified atom stereocenters. The molecule has 0 saturated carbocycles. The molecule has 0 saturated heterocycles. The highest BCUT2D eigenvalue weighted by Gasteiger charge is 2.15. The lowest BCUT2D eigenvalue weighted by atomic mass is 10.1. The lowest BCUT2D eigenvalue weighted by Crippen LogP contribution is -2.27. The van der Waals surface area contributed by atoms with E-state index in [-0.39, 0.29) is 11.9 Å². The number of nitrogens with zero attached hydrogens (tertiary/aromatic N) is 4. The molecule has 0 aliphatic carbocycles. The first-order valence-electron chi connectivity index (χ1n) is 8.17. The van der Waals surface area contributed by atoms with Crippen molar-refractivity contribution in [2.75, 3.05) is 0 Å². The van der Waals surface area contributed by atoms with Gasteiger partial charge in [0.1, 0.15) is 6.33 Å². The second-order valence-corrected chi connectivity index (χ2v) is 6.45. The quantitative estimate of drug-likeness (QED) is 0.761. The smallest absolute Gasteiger partial charge is 0.252 e. The van der Waals surface area contributed by atoms with Gasteiger partial charge in [0.25, 0.3) is 5.78 Å². The molecular formula is C18H20ClN5O. The average molecular weight is 358 g/mol. The van der Waals surface area contributed by atoms with E-state index >= 15 is 0 Å². The minimum absolute atomic E-state index is 0.0232. The van der Waals surface area contributed by atoms with E-state index in [0.29, 0.717) is 23.6 Å². The summed E-state index contributed by atoms with van der Waals surface area (Å²) in [4.78, 5) is 20.9. The molecule has 3 aromatic rings. The molecule has 130 valence electrons. The predicted molar refractivity (Wildman–Crippen MR) is 96.6 cm³/mol. The van der Waals surface area contributed by atoms with Crippen molar-refractivity contribution in [2.24, 2.45) is 0 Å². The Labute approximate surface area is 151 Å². The molecule has 0 aliphatic rings. The summed E-state index contributed by atoms with van der Waals surface area (Å²) in [5.41, 5.74) is 3.78. The van der Waals surface area contributed by atoms with Gasteiger partial charge in [-0.1, -0.05) is 29.8 Å². The van der Waals surface area contributed by atoms with Crippen molar-refractivity contribution in [1.82, 2.24) is 24.9 Å². The Morgan fingerprint density at radius 1 is 1.32 bits per heavy atom. The van der Waals surface area contributed by atoms with Crippen LogP contribution in [0.3, 0.4) is 0 Å². The molecule has 1 aromatic carbocycles. The van der Waals surface area contributed by atoms with Crippen LogP contribution in [0.4, 0.5) is 0 Å². The highest BCUT2D eigenvalue weighted by Crippen LogP contribution is 2.22. The molecule has 7 heteroatoms. The number of carbonyl (C=O) groups excluding carboxylic acids is 1. The number of aromatic nitrogens is 4. The average Bonchev–Trinajstić information content (AvgIpc) is 3.03. The van der Waals surface area contributed by atoms with Crippen LogP contribution in [0.15, 0.2) is 30.6 Å². The molecule has 0 aliphatic heterocycles. The van der Waals surface area contributed by atoms with E-state index in [9.17, 15) is 4.79 Å². The molecular weight excluding hydrogens is 338 g/mol. The first kappa shape index (κ1) is 17.4. The maximum absolute atomic E-state index is 12.3. The summed E-state index contributed by atoms with van der Waals surface area (Å²) in [6.07, 6.45) is 2.45. The van der Waals surface area contributed by atoms with Crippen LogP contribution in [-0.4, -0.2) is 25.5 Å². The maximum atomic E-state index is 12.3. The summed E-state index contributed by atoms with van der Waals surface area (Å²) in [5.74, 6) is 0.556. The van der Waals surface area contributed by atoms with Crippen molar-refractivity contribution in [3.8, 4) is 0 Å². The normalized spacial score (nSPS) is 12.3. The van der Waals surface area contributed by atoms with Crippen LogP contribution >= 0.6 is 11.6 Å². The standard InChI is InChI=1S/C18H20ClN5O/c1-11-14(13(3)24-18(23-11)20-10-21-24)8-9-17(25)22-12(2)15-6-4-5-7-16(15)19/h4-7,10,12H,8-9H2,1-3H3,(H,22,25). The molecule has 2 heterocycles. The van der Waals surface area contributed by atoms with Gasteiger partial charge in [-0.25, -0.2) is 9.50 Å². The van der Waals surface area contributed by atoms with Crippen LogP contribution in [-0.2, 0) is 11.2 Å². The summed E-state index contributed by atoms with van der Waals surface area (Å²) >= 11 is 6.19. The number of hydrogen-bond donors (Lipinski definition) is 1. The summed E-state index contributed by atoms with van der Waals surface area (Å²) in [6.45, 7) is 5.83. The van der Waals surface area contributed by atoms with Gasteiger partial charge in [0.2, 0.25) is 5.91 Å². The van der Waals surface area contributed by atoms with Gasteiger partial charge in [-0.05, 0) is 44.4 Å². The molecule has 0 fully saturated rings. The minimum atomic E-state index is -0.140. The Morgan fingerprint density at radius 2 is 2.08 bits per heavy atom. The number of benzene rings is 1. The monoisotopic (exact) mass is 357 g/mol. The number of rotatable bonds is 5. The van der Waals surface area contributed by atoms with Crippen molar-refractivity contribution < 1.29 is 4.79 Å². The predicted octanol–water partition coefficient (Wildman–Crippen LogP) is 3.20. The van der Waals surface area contributed by atoms with Crippen molar-refractivity contribution >= 4 is 23.3 Å². The minimum Gasteiger partial charge on any atom is -0.350 e. The SMILES string of the molecule is Cc1nc2ncnn2c(C)c1CCC(=O)NC(C)c1ccccc1Cl. The van der Waals surface area contributed by atoms with Gasteiger partial charge in [0.15, 0.2) is 0 Å². The van der Waals surface area contributed by atoms with E-state index in [4.69, 9.17) is 11.6 Å². The third-order valence-electron chi connectivity index (χ3n) is 4.34. The Kier molecular flexibility index (Phi) is 4.99. The largest absolute Gasteiger partial charge is 0.350 e. The van der Waals surface area contributed by atoms with Crippen LogP contribution in [0.2, 0.25) is 5.02 Å². The van der Waals surface area contributed by atoms with Crippen molar-refractivity contribution in [3.05, 3.63) is 58.1 Å². The number of halogens is 1. The van der Waals surface area contributed by atoms with Crippen LogP contribution in [0, 0.1) is 13.8 Å². The Bertz CT molecular complexity index is 921. The zero-order valence-electron chi connectivity index (χ0n) is 14.5. The lowest BCUT2D eigenvalue weighted by Gasteiger charge is -2.16. The van der Waals surface area contributed by atoms with E-state index in [1.807, 2.05) is 45.0 Å². The number of fused-ring (bicyclic) bond motifs is 1. The molecule has 1 atom stereocenters. The van der Waals surface area contributed by atoms with Gasteiger partial charge < -0.3 is 5.32 Å². The molecule has 0 bridgehead atoms. The summed E-state index contributed by atoms with van der Waals surface area (Å²) in [5, 5.41) is 7.83. The number of aryl methyl sites for hydroxylation is 2. The Morgan fingerprint density at radius 3 is 2.84 bits per heavy atom. The van der Waals surface area contributed by atoms with Crippen LogP contribution in [0.1, 0.15) is 41.9 Å². The molecule has 25 heavy (non-hydrogen) atoms. The fourth-order valence-corrected chi connectivity index (χ4v) is 3.27. The van der Waals surface area contributed by atoms with Crippen molar-refractivity contribution in [2.45, 2.75) is 39.7 Å². The molecule has 1 amide bonds. The van der Waals surface area contributed by atoms with E-state index in [2.05, 4.69) is 20.4 Å². The second kappa shape index (κ2) is 7.19. The van der Waals surface area contributed by atoms with Gasteiger partial charge >= 0.3 is 0 Å². The Balaban J connectivity index is 1.68. The zero-order chi connectivity index (χ0) is 18.0. The van der Waals surface area contributed by atoms with Gasteiger partial charge in [0.05, 0.1) is 6.04 Å². The molecule has 0 spiro atoms. The third-order valence-corrected chi connectivity index (χ3v) is 4.68. The van der Waals surface area contributed by atoms with E-state index in [1.54, 1.807) is 4.52 Å². The van der Waals surface area contributed by atoms with Gasteiger partial charge in [-0.3, -0.25) is 4.79 Å². The highest BCUT2D eigenvalue weighted by molar-refractivity contribution is 6.31. The van der Waals surface area contributed by atoms with E-state index < -0.39 is 0 Å². The zero-order valence-corrected chi connectivity index (χ0v) is 15.2. The lowest BCUT2D eigenvalue weighted by molar-refractivity contribution is -0.121. The Hall–Kier alpha value is -2.47. The first-order valence-corrected chi connectivity index (χ1v) is 8.54. The number of hydrogen-bond acceptors (Lipinski definition) is 4. The first-order chi connectivity index (χ1) is 12.0. The number of nitrogens with one attached hydrogen (secondary N) is 1. The fraction of sp³-hybridized carbons (Fsp3) is 0.333. The van der Waals surface area contributed by atoms with Crippen LogP contribution < -0.4 is 5.32 Å². The van der Waals surface area contributed by atoms with Gasteiger partial charge in [-0.15, -0.1) is 0 Å². The molecule has 3 rings (SSSR count). The van der Waals surface area contributed by atoms with Crippen LogP contribution in [0.25, 0.3) is 5.78 Å². The van der Waals surface area contributed by atoms with Gasteiger partial charge in [0, 0.05) is 22.8 Å². The number of carbonyl (C=O) groups is 1. The van der Waals surface area contributed by atoms with Gasteiger partial charge in [-0.2, -0.15) is 10.1 Å². The number of amides is 1. The van der Waals surface area contributed by atoms with Crippen molar-refractivity contribution in [3.63, 3.8) is 0 Å². The molecule has 0 radical (unpaired) electrons. The fourth-order valence-electron chi connectivity index (χ4n) is 2.97. The topological polar surface area (TPSA) is 72.2 Å². The van der Waals surface area contributed by atoms with E-state index in [1.165, 1.54) is 6.33 Å². The third kappa shape index (κ3) is 3.64.